The van der Waals surface area contributed by atoms with Crippen molar-refractivity contribution >= 4 is 56.2 Å². The number of rotatable bonds is 8. The number of sulfonamides is 1. The van der Waals surface area contributed by atoms with Gasteiger partial charge in [-0.05, 0) is 99.1 Å². The summed E-state index contributed by atoms with van der Waals surface area (Å²) in [5.74, 6) is -2.32. The van der Waals surface area contributed by atoms with Gasteiger partial charge in [-0.15, -0.1) is 11.3 Å². The van der Waals surface area contributed by atoms with Crippen LogP contribution >= 0.6 is 11.3 Å². The molecule has 15 nitrogen and oxygen atoms in total. The Morgan fingerprint density at radius 1 is 1.07 bits per heavy atom. The van der Waals surface area contributed by atoms with Crippen LogP contribution in [0.5, 0.6) is 6.01 Å². The summed E-state index contributed by atoms with van der Waals surface area (Å²) in [6.45, 7) is 13.3. The van der Waals surface area contributed by atoms with Crippen LogP contribution in [-0.2, 0) is 29.1 Å². The zero-order valence-corrected chi connectivity index (χ0v) is 35.9. The Bertz CT molecular complexity index is 2220. The molecule has 0 bridgehead atoms. The van der Waals surface area contributed by atoms with Crippen molar-refractivity contribution in [3.05, 3.63) is 40.9 Å². The Balaban J connectivity index is 1.22. The second-order valence-electron chi connectivity index (χ2n) is 17.4. The number of fused-ring (bicyclic) bond motifs is 3. The second-order valence-corrected chi connectivity index (χ2v) is 20.5. The molecule has 4 amide bonds. The molecule has 2 saturated carbocycles. The van der Waals surface area contributed by atoms with Gasteiger partial charge in [-0.2, -0.15) is 4.98 Å². The molecule has 1 saturated heterocycles. The van der Waals surface area contributed by atoms with Crippen molar-refractivity contribution < 1.29 is 37.1 Å². The third kappa shape index (κ3) is 8.75. The lowest BCUT2D eigenvalue weighted by atomic mass is 10.0. The number of aryl methyl sites for hydroxylation is 2. The summed E-state index contributed by atoms with van der Waals surface area (Å²) in [5, 5.41) is 5.89. The Morgan fingerprint density at radius 3 is 2.50 bits per heavy atom. The predicted octanol–water partition coefficient (Wildman–Crippen LogP) is 5.60. The van der Waals surface area contributed by atoms with E-state index in [1.807, 2.05) is 62.6 Å². The molecular formula is C41H55N7O8S2. The molecule has 5 atom stereocenters. The Morgan fingerprint density at radius 2 is 1.83 bits per heavy atom. The van der Waals surface area contributed by atoms with E-state index in [1.165, 1.54) is 4.90 Å². The number of aromatic nitrogens is 3. The molecule has 4 aliphatic rings. The van der Waals surface area contributed by atoms with Crippen molar-refractivity contribution in [1.82, 2.24) is 34.8 Å². The molecule has 2 aromatic heterocycles. The lowest BCUT2D eigenvalue weighted by Crippen LogP contribution is -2.58. The number of hydrogen-bond donors (Lipinski definition) is 3. The predicted molar refractivity (Wildman–Crippen MR) is 220 cm³/mol. The summed E-state index contributed by atoms with van der Waals surface area (Å²) in [6, 6.07) is 4.05. The molecular weight excluding hydrogens is 783 g/mol. The van der Waals surface area contributed by atoms with Gasteiger partial charge in [0.2, 0.25) is 21.8 Å². The first-order valence-electron chi connectivity index (χ1n) is 20.3. The molecule has 314 valence electrons. The van der Waals surface area contributed by atoms with E-state index in [2.05, 4.69) is 15.4 Å². The van der Waals surface area contributed by atoms with Crippen molar-refractivity contribution in [2.24, 2.45) is 5.92 Å². The van der Waals surface area contributed by atoms with E-state index in [4.69, 9.17) is 19.4 Å². The van der Waals surface area contributed by atoms with E-state index in [-0.39, 0.29) is 25.4 Å². The van der Waals surface area contributed by atoms with Gasteiger partial charge < -0.3 is 25.0 Å². The molecule has 0 radical (unpaired) electrons. The number of imidazole rings is 1. The van der Waals surface area contributed by atoms with Gasteiger partial charge in [0, 0.05) is 28.8 Å². The van der Waals surface area contributed by atoms with E-state index in [1.54, 1.807) is 32.1 Å². The lowest BCUT2D eigenvalue weighted by Gasteiger charge is -2.30. The average Bonchev–Trinajstić information content (AvgIpc) is 3.99. The summed E-state index contributed by atoms with van der Waals surface area (Å²) in [7, 11) is -3.90. The van der Waals surface area contributed by atoms with Gasteiger partial charge in [0.05, 0.1) is 23.0 Å². The molecule has 0 spiro atoms. The lowest BCUT2D eigenvalue weighted by molar-refractivity contribution is -0.141. The number of nitrogens with zero attached hydrogens (tertiary/aromatic N) is 4. The summed E-state index contributed by atoms with van der Waals surface area (Å²) in [6.07, 6.45) is 6.76. The van der Waals surface area contributed by atoms with Crippen LogP contribution in [0.2, 0.25) is 0 Å². The maximum Gasteiger partial charge on any atom is 0.408 e. The fraction of sp³-hybridized carbons (Fsp3) is 0.610. The zero-order valence-electron chi connectivity index (χ0n) is 34.3. The highest BCUT2D eigenvalue weighted by Crippen LogP contribution is 2.46. The van der Waals surface area contributed by atoms with Crippen molar-refractivity contribution in [2.45, 2.75) is 147 Å². The van der Waals surface area contributed by atoms with Crippen LogP contribution < -0.4 is 20.1 Å². The average molecular weight is 838 g/mol. The molecule has 7 rings (SSSR count). The number of ether oxygens (including phenoxy) is 2. The minimum atomic E-state index is -3.90. The van der Waals surface area contributed by atoms with Crippen LogP contribution in [0, 0.1) is 19.8 Å². The first-order valence-corrected chi connectivity index (χ1v) is 22.7. The number of hydrogen-bond acceptors (Lipinski definition) is 11. The quantitative estimate of drug-likeness (QED) is 0.241. The van der Waals surface area contributed by atoms with Gasteiger partial charge in [0.15, 0.2) is 0 Å². The van der Waals surface area contributed by atoms with Gasteiger partial charge in [0.25, 0.3) is 11.9 Å². The monoisotopic (exact) mass is 837 g/mol. The van der Waals surface area contributed by atoms with Crippen LogP contribution in [0.1, 0.15) is 109 Å². The number of carbonyl (C=O) groups excluding carboxylic acids is 4. The molecule has 3 aromatic rings. The third-order valence-electron chi connectivity index (χ3n) is 11.3. The van der Waals surface area contributed by atoms with E-state index in [9.17, 15) is 27.6 Å². The van der Waals surface area contributed by atoms with Crippen LogP contribution in [0.3, 0.4) is 0 Å². The number of thiazole rings is 1. The number of benzene rings is 1. The number of nitrogens with one attached hydrogen (secondary N) is 3. The van der Waals surface area contributed by atoms with Crippen molar-refractivity contribution in [3.63, 3.8) is 0 Å². The summed E-state index contributed by atoms with van der Waals surface area (Å²) < 4.78 is 42.3. The van der Waals surface area contributed by atoms with E-state index in [0.29, 0.717) is 43.6 Å². The molecule has 17 heteroatoms. The Labute approximate surface area is 343 Å². The van der Waals surface area contributed by atoms with Gasteiger partial charge in [-0.3, -0.25) is 23.7 Å². The largest absolute Gasteiger partial charge is 0.459 e. The molecule has 2 aliphatic heterocycles. The highest BCUT2D eigenvalue weighted by atomic mass is 32.2. The van der Waals surface area contributed by atoms with Crippen LogP contribution in [-0.4, -0.2) is 92.8 Å². The maximum absolute atomic E-state index is 14.7. The topological polar surface area (TPSA) is 191 Å². The molecule has 3 N–H and O–H groups in total. The normalized spacial score (nSPS) is 26.2. The highest BCUT2D eigenvalue weighted by molar-refractivity contribution is 7.91. The van der Waals surface area contributed by atoms with Crippen LogP contribution in [0.15, 0.2) is 30.4 Å². The standard InChI is InChI=1S/C41H55N7O8S2/c1-23(2)48-31-17-13-15-29(35-42-24(3)25(4)57-35)33(31)44-38(48)55-27-20-32-34(49)45-41(37(51)46-58(53,54)28-18-19-28)21-26(41)14-11-9-8-10-12-16-30(36(50)47(32)22-27)43-39(52)56-40(5,6)7/h11,13-15,17,23,26-28,30,32H,8-10,12,16,18-22H2,1-7H3,(H,43,52)(H,45,49)(H,46,51)/b14-11-/t26-,27-,30+,32+,41-/m1/s1. The number of carbonyl (C=O) groups is 4. The van der Waals surface area contributed by atoms with Gasteiger partial charge in [-0.25, -0.2) is 18.2 Å². The molecule has 58 heavy (non-hydrogen) atoms. The number of alkyl carbamates (subject to hydrolysis) is 1. The molecule has 0 unspecified atom stereocenters. The number of amides is 4. The third-order valence-corrected chi connectivity index (χ3v) is 14.2. The Hall–Kier alpha value is -4.51. The number of para-hydroxylation sites is 1. The summed E-state index contributed by atoms with van der Waals surface area (Å²) in [4.78, 5) is 68.4. The SMILES string of the molecule is Cc1nc(-c2cccc3c2nc(O[C@@H]2C[C@H]4C(=O)N[C@]5(C(=O)NS(=O)(=O)C6CC6)C[C@H]5/C=C\CCCCC[C@H](NC(=O)OC(C)(C)C)C(=O)N4C2)n3C(C)C)sc1C. The first-order chi connectivity index (χ1) is 27.4. The van der Waals surface area contributed by atoms with Gasteiger partial charge in [-0.1, -0.05) is 31.1 Å². The smallest absolute Gasteiger partial charge is 0.408 e. The molecule has 1 aromatic carbocycles. The first kappa shape index (κ1) is 41.6. The van der Waals surface area contributed by atoms with E-state index in [0.717, 1.165) is 39.5 Å². The molecule has 3 fully saturated rings. The fourth-order valence-corrected chi connectivity index (χ4v) is 10.2. The minimum absolute atomic E-state index is 0.0129. The fourth-order valence-electron chi connectivity index (χ4n) is 7.88. The van der Waals surface area contributed by atoms with Crippen LogP contribution in [0.25, 0.3) is 21.6 Å². The summed E-state index contributed by atoms with van der Waals surface area (Å²) in [5.41, 5.74) is 1.06. The zero-order chi connectivity index (χ0) is 41.7. The van der Waals surface area contributed by atoms with Gasteiger partial charge >= 0.3 is 6.09 Å². The summed E-state index contributed by atoms with van der Waals surface area (Å²) >= 11 is 1.59. The number of allylic oxidation sites excluding steroid dienone is 1. The minimum Gasteiger partial charge on any atom is -0.459 e. The highest BCUT2D eigenvalue weighted by Gasteiger charge is 2.62. The van der Waals surface area contributed by atoms with Crippen molar-refractivity contribution in [1.29, 1.82) is 0 Å². The van der Waals surface area contributed by atoms with E-state index >= 15 is 0 Å². The van der Waals surface area contributed by atoms with E-state index < -0.39 is 74.3 Å². The second kappa shape index (κ2) is 15.9. The van der Waals surface area contributed by atoms with Crippen molar-refractivity contribution in [3.8, 4) is 16.6 Å². The Kier molecular flexibility index (Phi) is 11.4. The molecule has 2 aliphatic carbocycles. The van der Waals surface area contributed by atoms with Gasteiger partial charge in [0.1, 0.15) is 39.9 Å². The maximum atomic E-state index is 14.7. The van der Waals surface area contributed by atoms with Crippen molar-refractivity contribution in [2.75, 3.05) is 6.54 Å². The molecule has 4 heterocycles. The van der Waals surface area contributed by atoms with Crippen LogP contribution in [0.4, 0.5) is 4.79 Å².